The van der Waals surface area contributed by atoms with Crippen LogP contribution in [0, 0.1) is 11.8 Å². The third-order valence-electron chi connectivity index (χ3n) is 3.76. The van der Waals surface area contributed by atoms with E-state index in [1.807, 2.05) is 13.0 Å². The van der Waals surface area contributed by atoms with Gasteiger partial charge in [0.05, 0.1) is 0 Å². The maximum absolute atomic E-state index is 11.1. The van der Waals surface area contributed by atoms with Crippen LogP contribution in [-0.4, -0.2) is 5.78 Å². The average molecular weight is 278 g/mol. The van der Waals surface area contributed by atoms with Gasteiger partial charge in [0, 0.05) is 6.42 Å². The zero-order valence-corrected chi connectivity index (χ0v) is 14.2. The molecule has 0 aromatic carbocycles. The summed E-state index contributed by atoms with van der Waals surface area (Å²) in [5.41, 5.74) is 1.37. The summed E-state index contributed by atoms with van der Waals surface area (Å²) in [6.07, 6.45) is 14.1. The molecule has 0 radical (unpaired) electrons. The van der Waals surface area contributed by atoms with Crippen molar-refractivity contribution in [3.63, 3.8) is 0 Å². The molecule has 1 heteroatoms. The first-order chi connectivity index (χ1) is 9.45. The van der Waals surface area contributed by atoms with Crippen LogP contribution in [0.4, 0.5) is 0 Å². The quantitative estimate of drug-likeness (QED) is 0.329. The number of rotatable bonds is 11. The molecule has 0 saturated heterocycles. The maximum Gasteiger partial charge on any atom is 0.155 e. The number of allylic oxidation sites excluding steroid dienone is 4. The smallest absolute Gasteiger partial charge is 0.155 e. The van der Waals surface area contributed by atoms with Crippen LogP contribution < -0.4 is 0 Å². The normalized spacial score (nSPS) is 14.2. The number of hydrogen-bond donors (Lipinski definition) is 0. The van der Waals surface area contributed by atoms with E-state index in [1.165, 1.54) is 37.7 Å². The largest absolute Gasteiger partial charge is 0.295 e. The Balaban J connectivity index is 3.74. The molecule has 0 aliphatic carbocycles. The van der Waals surface area contributed by atoms with Crippen molar-refractivity contribution in [1.82, 2.24) is 0 Å². The molecule has 0 rings (SSSR count). The zero-order chi connectivity index (χ0) is 15.4. The van der Waals surface area contributed by atoms with Gasteiger partial charge in [-0.2, -0.15) is 0 Å². The summed E-state index contributed by atoms with van der Waals surface area (Å²) in [6.45, 7) is 11.0. The first-order valence-electron chi connectivity index (χ1n) is 8.32. The van der Waals surface area contributed by atoms with Crippen LogP contribution >= 0.6 is 0 Å². The highest BCUT2D eigenvalue weighted by atomic mass is 16.1. The lowest BCUT2D eigenvalue weighted by atomic mass is 9.94. The summed E-state index contributed by atoms with van der Waals surface area (Å²) in [6, 6.07) is 0. The van der Waals surface area contributed by atoms with Crippen LogP contribution in [-0.2, 0) is 4.79 Å². The van der Waals surface area contributed by atoms with Crippen molar-refractivity contribution in [1.29, 1.82) is 0 Å². The molecule has 0 bridgehead atoms. The molecule has 0 spiro atoms. The van der Waals surface area contributed by atoms with Crippen molar-refractivity contribution < 1.29 is 4.79 Å². The van der Waals surface area contributed by atoms with Crippen molar-refractivity contribution in [2.75, 3.05) is 0 Å². The van der Waals surface area contributed by atoms with Crippen molar-refractivity contribution in [3.05, 3.63) is 23.8 Å². The highest BCUT2D eigenvalue weighted by Gasteiger charge is 2.03. The standard InChI is InChI=1S/C19H34O/c1-6-19(20)15-9-14-18(5)13-8-12-17(4)11-7-10-16(2)3/h9,14-17H,6-8,10-13H2,1-5H3. The Morgan fingerprint density at radius 2 is 1.70 bits per heavy atom. The van der Waals surface area contributed by atoms with Crippen LogP contribution in [0.3, 0.4) is 0 Å². The van der Waals surface area contributed by atoms with Gasteiger partial charge < -0.3 is 0 Å². The molecule has 0 aliphatic rings. The number of carbonyl (C=O) groups is 1. The van der Waals surface area contributed by atoms with Gasteiger partial charge in [-0.3, -0.25) is 4.79 Å². The van der Waals surface area contributed by atoms with Crippen LogP contribution in [0.1, 0.15) is 79.6 Å². The summed E-state index contributed by atoms with van der Waals surface area (Å²) in [5, 5.41) is 0. The molecule has 116 valence electrons. The summed E-state index contributed by atoms with van der Waals surface area (Å²) in [5.74, 6) is 1.89. The van der Waals surface area contributed by atoms with Crippen LogP contribution in [0.15, 0.2) is 23.8 Å². The first kappa shape index (κ1) is 19.1. The molecular formula is C19H34O. The minimum absolute atomic E-state index is 0.202. The van der Waals surface area contributed by atoms with E-state index in [1.54, 1.807) is 6.08 Å². The summed E-state index contributed by atoms with van der Waals surface area (Å²) in [4.78, 5) is 11.1. The highest BCUT2D eigenvalue weighted by Crippen LogP contribution is 2.18. The Labute approximate surface area is 126 Å². The summed E-state index contributed by atoms with van der Waals surface area (Å²) in [7, 11) is 0. The molecule has 0 fully saturated rings. The Morgan fingerprint density at radius 1 is 1.05 bits per heavy atom. The molecule has 0 N–H and O–H groups in total. The lowest BCUT2D eigenvalue weighted by Crippen LogP contribution is -1.97. The Morgan fingerprint density at radius 3 is 2.30 bits per heavy atom. The summed E-state index contributed by atoms with van der Waals surface area (Å²) < 4.78 is 0. The van der Waals surface area contributed by atoms with Gasteiger partial charge in [0.2, 0.25) is 0 Å². The number of carbonyl (C=O) groups excluding carboxylic acids is 1. The van der Waals surface area contributed by atoms with Gasteiger partial charge in [-0.25, -0.2) is 0 Å². The lowest BCUT2D eigenvalue weighted by Gasteiger charge is -2.12. The van der Waals surface area contributed by atoms with Gasteiger partial charge in [0.1, 0.15) is 0 Å². The average Bonchev–Trinajstić information content (AvgIpc) is 2.38. The fraction of sp³-hybridized carbons (Fsp3) is 0.737. The van der Waals surface area contributed by atoms with Gasteiger partial charge >= 0.3 is 0 Å². The molecule has 0 heterocycles. The van der Waals surface area contributed by atoms with Crippen molar-refractivity contribution in [2.24, 2.45) is 11.8 Å². The van der Waals surface area contributed by atoms with E-state index in [9.17, 15) is 4.79 Å². The Kier molecular flexibility index (Phi) is 11.4. The molecular weight excluding hydrogens is 244 g/mol. The molecule has 0 saturated carbocycles. The topological polar surface area (TPSA) is 17.1 Å². The minimum atomic E-state index is 0.202. The van der Waals surface area contributed by atoms with E-state index in [-0.39, 0.29) is 5.78 Å². The van der Waals surface area contributed by atoms with E-state index in [0.29, 0.717) is 6.42 Å². The fourth-order valence-electron chi connectivity index (χ4n) is 2.27. The summed E-state index contributed by atoms with van der Waals surface area (Å²) >= 11 is 0. The second-order valence-corrected chi connectivity index (χ2v) is 6.51. The lowest BCUT2D eigenvalue weighted by molar-refractivity contribution is -0.114. The molecule has 0 aliphatic heterocycles. The molecule has 1 nitrogen and oxygen atoms in total. The van der Waals surface area contributed by atoms with Gasteiger partial charge in [0.25, 0.3) is 0 Å². The first-order valence-corrected chi connectivity index (χ1v) is 8.32. The monoisotopic (exact) mass is 278 g/mol. The van der Waals surface area contributed by atoms with Gasteiger partial charge in [-0.15, -0.1) is 0 Å². The maximum atomic E-state index is 11.1. The Bertz CT molecular complexity index is 310. The molecule has 0 aromatic heterocycles. The van der Waals surface area contributed by atoms with Crippen molar-refractivity contribution in [2.45, 2.75) is 79.6 Å². The second-order valence-electron chi connectivity index (χ2n) is 6.51. The van der Waals surface area contributed by atoms with Gasteiger partial charge in [-0.1, -0.05) is 71.1 Å². The fourth-order valence-corrected chi connectivity index (χ4v) is 2.27. The van der Waals surface area contributed by atoms with E-state index < -0.39 is 0 Å². The predicted octanol–water partition coefficient (Wildman–Crippen LogP) is 6.10. The molecule has 20 heavy (non-hydrogen) atoms. The minimum Gasteiger partial charge on any atom is -0.295 e. The number of hydrogen-bond acceptors (Lipinski definition) is 1. The van der Waals surface area contributed by atoms with E-state index >= 15 is 0 Å². The third-order valence-corrected chi connectivity index (χ3v) is 3.76. The van der Waals surface area contributed by atoms with Crippen LogP contribution in [0.25, 0.3) is 0 Å². The van der Waals surface area contributed by atoms with Crippen molar-refractivity contribution >= 4 is 5.78 Å². The van der Waals surface area contributed by atoms with E-state index in [0.717, 1.165) is 18.3 Å². The van der Waals surface area contributed by atoms with E-state index in [4.69, 9.17) is 0 Å². The Hall–Kier alpha value is -0.850. The van der Waals surface area contributed by atoms with Crippen molar-refractivity contribution in [3.8, 4) is 0 Å². The van der Waals surface area contributed by atoms with Crippen LogP contribution in [0.2, 0.25) is 0 Å². The number of ketones is 1. The molecule has 0 aromatic rings. The highest BCUT2D eigenvalue weighted by molar-refractivity contribution is 5.89. The second kappa shape index (κ2) is 11.9. The van der Waals surface area contributed by atoms with Gasteiger partial charge in [-0.05, 0) is 37.7 Å². The molecule has 1 atom stereocenters. The predicted molar refractivity (Wildman–Crippen MR) is 89.9 cm³/mol. The van der Waals surface area contributed by atoms with Gasteiger partial charge in [0.15, 0.2) is 5.78 Å². The zero-order valence-electron chi connectivity index (χ0n) is 14.2. The third kappa shape index (κ3) is 12.2. The molecule has 1 unspecified atom stereocenters. The van der Waals surface area contributed by atoms with Crippen LogP contribution in [0.5, 0.6) is 0 Å². The van der Waals surface area contributed by atoms with E-state index in [2.05, 4.69) is 33.8 Å². The molecule has 0 amide bonds. The SMILES string of the molecule is CCC(=O)C=CC=C(C)CCCC(C)CCCC(C)C.